The van der Waals surface area contributed by atoms with E-state index in [4.69, 9.17) is 21.2 Å². The number of primary amides is 1. The summed E-state index contributed by atoms with van der Waals surface area (Å²) in [6, 6.07) is 10.4. The van der Waals surface area contributed by atoms with E-state index in [0.717, 1.165) is 11.1 Å². The molecule has 16 heteroatoms. The molecule has 0 radical (unpaired) electrons. The van der Waals surface area contributed by atoms with E-state index >= 15 is 4.39 Å². The van der Waals surface area contributed by atoms with Gasteiger partial charge in [-0.15, -0.1) is 0 Å². The number of fused-ring (bicyclic) bond motifs is 5. The van der Waals surface area contributed by atoms with Crippen LogP contribution >= 0.6 is 0 Å². The molecule has 57 heavy (non-hydrogen) atoms. The van der Waals surface area contributed by atoms with Gasteiger partial charge in [0.1, 0.15) is 18.5 Å². The zero-order valence-electron chi connectivity index (χ0n) is 31.7. The molecule has 3 atom stereocenters. The largest absolute Gasteiger partial charge is 0.458 e. The minimum absolute atomic E-state index is 0.0148. The number of pyridine rings is 2. The zero-order chi connectivity index (χ0) is 40.8. The van der Waals surface area contributed by atoms with Crippen molar-refractivity contribution in [3.8, 4) is 11.4 Å². The maximum Gasteiger partial charge on any atom is 0.343 e. The third-order valence-electron chi connectivity index (χ3n) is 11.3. The molecule has 4 aromatic rings. The molecular weight excluding hydrogens is 737 g/mol. The predicted molar refractivity (Wildman–Crippen MR) is 205 cm³/mol. The minimum Gasteiger partial charge on any atom is -0.458 e. The molecule has 0 fully saturated rings. The second-order valence-electron chi connectivity index (χ2n) is 14.8. The number of rotatable bonds is 13. The number of aryl methyl sites for hydroxylation is 1. The second kappa shape index (κ2) is 15.5. The summed E-state index contributed by atoms with van der Waals surface area (Å²) in [5, 5.41) is 17.8. The summed E-state index contributed by atoms with van der Waals surface area (Å²) in [7, 11) is 0. The van der Waals surface area contributed by atoms with Gasteiger partial charge in [-0.05, 0) is 60.9 Å². The van der Waals surface area contributed by atoms with E-state index in [9.17, 15) is 33.9 Å². The SMILES string of the molecule is CC[C@@]1(O)C(=O)OCc2c1cc1n(c2=O)Cc2c-1nc1cc(F)c(C)c3c1c2[C@@H](NC(=O)CCCN(CC(N)=O)C(=O)[C@H](Cc1ccccc1)NC(=O)CN)CC3. The summed E-state index contributed by atoms with van der Waals surface area (Å²) >= 11 is 0. The van der Waals surface area contributed by atoms with Crippen molar-refractivity contribution in [1.82, 2.24) is 25.1 Å². The van der Waals surface area contributed by atoms with Gasteiger partial charge in [0.05, 0.1) is 48.1 Å². The average molecular weight is 782 g/mol. The van der Waals surface area contributed by atoms with Gasteiger partial charge in [0.25, 0.3) is 5.56 Å². The average Bonchev–Trinajstić information content (AvgIpc) is 3.56. The number of esters is 1. The number of cyclic esters (lactones) is 1. The minimum atomic E-state index is -2.03. The fourth-order valence-electron chi connectivity index (χ4n) is 8.37. The number of halogens is 1. The van der Waals surface area contributed by atoms with Crippen molar-refractivity contribution < 1.29 is 38.2 Å². The number of hydrogen-bond acceptors (Lipinski definition) is 10. The second-order valence-corrected chi connectivity index (χ2v) is 14.8. The van der Waals surface area contributed by atoms with Crippen LogP contribution in [0.25, 0.3) is 22.3 Å². The van der Waals surface area contributed by atoms with Gasteiger partial charge in [-0.25, -0.2) is 14.2 Å². The first-order valence-corrected chi connectivity index (χ1v) is 19.0. The molecule has 4 heterocycles. The Balaban J connectivity index is 1.16. The van der Waals surface area contributed by atoms with Gasteiger partial charge in [-0.3, -0.25) is 24.0 Å². The first-order chi connectivity index (χ1) is 27.2. The fraction of sp³-hybridized carbons (Fsp3) is 0.390. The molecule has 0 saturated carbocycles. The molecular formula is C41H44FN7O8. The number of carbonyl (C=O) groups excluding carboxylic acids is 5. The molecule has 15 nitrogen and oxygen atoms in total. The smallest absolute Gasteiger partial charge is 0.343 e. The number of carbonyl (C=O) groups is 5. The lowest BCUT2D eigenvalue weighted by Crippen LogP contribution is -2.53. The molecule has 0 unspecified atom stereocenters. The number of aromatic nitrogens is 2. The van der Waals surface area contributed by atoms with E-state index in [0.29, 0.717) is 51.8 Å². The molecule has 4 amide bonds. The summed E-state index contributed by atoms with van der Waals surface area (Å²) in [5.74, 6) is -3.50. The number of nitrogens with two attached hydrogens (primary N) is 2. The Labute approximate surface area is 326 Å². The first kappa shape index (κ1) is 39.2. The van der Waals surface area contributed by atoms with Crippen LogP contribution in [0.5, 0.6) is 0 Å². The molecule has 1 aliphatic carbocycles. The molecule has 0 bridgehead atoms. The monoisotopic (exact) mass is 781 g/mol. The van der Waals surface area contributed by atoms with Crippen molar-refractivity contribution >= 4 is 40.5 Å². The van der Waals surface area contributed by atoms with E-state index in [1.807, 2.05) is 6.07 Å². The highest BCUT2D eigenvalue weighted by Crippen LogP contribution is 2.46. The Morgan fingerprint density at radius 1 is 1.12 bits per heavy atom. The Hall–Kier alpha value is -6.00. The van der Waals surface area contributed by atoms with Gasteiger partial charge in [0.15, 0.2) is 5.60 Å². The van der Waals surface area contributed by atoms with Crippen molar-refractivity contribution in [3.63, 3.8) is 0 Å². The lowest BCUT2D eigenvalue weighted by atomic mass is 9.81. The molecule has 3 aliphatic rings. The standard InChI is InChI=1S/C41H44FN7O8/c1-3-41(56)26-15-31-37-24(18-49(31)38(53)25(26)20-57-40(41)55)36-28(12-11-23-21(2)27(42)16-29(47-37)35(23)36)45-33(51)10-7-13-48(19-32(44)50)39(54)30(46-34(52)17-43)14-22-8-5-4-6-9-22/h4-6,8-9,15-16,28,30,56H,3,7,10-14,17-20,43H2,1-2H3,(H2,44,50)(H,45,51)(H,46,52)/t28-,30-,41-/m0/s1. The Morgan fingerprint density at radius 3 is 2.58 bits per heavy atom. The van der Waals surface area contributed by atoms with E-state index in [1.54, 1.807) is 44.2 Å². The van der Waals surface area contributed by atoms with Crippen molar-refractivity contribution in [2.45, 2.75) is 83.2 Å². The number of nitrogens with zero attached hydrogens (tertiary/aromatic N) is 3. The highest BCUT2D eigenvalue weighted by molar-refractivity contribution is 5.94. The van der Waals surface area contributed by atoms with E-state index < -0.39 is 59.3 Å². The van der Waals surface area contributed by atoms with E-state index in [1.165, 1.54) is 15.5 Å². The number of ether oxygens (including phenoxy) is 1. The summed E-state index contributed by atoms with van der Waals surface area (Å²) in [6.45, 7) is 2.32. The van der Waals surface area contributed by atoms with E-state index in [-0.39, 0.29) is 69.0 Å². The van der Waals surface area contributed by atoms with Crippen molar-refractivity contribution in [2.24, 2.45) is 11.5 Å². The van der Waals surface area contributed by atoms with Crippen molar-refractivity contribution in [3.05, 3.63) is 97.6 Å². The fourth-order valence-corrected chi connectivity index (χ4v) is 8.37. The van der Waals surface area contributed by atoms with Gasteiger partial charge >= 0.3 is 5.97 Å². The Kier molecular flexibility index (Phi) is 10.7. The van der Waals surface area contributed by atoms with Crippen LogP contribution in [-0.2, 0) is 60.3 Å². The normalized spacial score (nSPS) is 18.2. The molecule has 7 N–H and O–H groups in total. The molecule has 2 aliphatic heterocycles. The van der Waals surface area contributed by atoms with Crippen LogP contribution in [0.15, 0.2) is 47.3 Å². The number of nitrogens with one attached hydrogen (secondary N) is 2. The third-order valence-corrected chi connectivity index (χ3v) is 11.3. The maximum atomic E-state index is 15.3. The molecule has 2 aromatic carbocycles. The van der Waals surface area contributed by atoms with Gasteiger partial charge in [0.2, 0.25) is 23.6 Å². The van der Waals surface area contributed by atoms with Crippen LogP contribution in [0.1, 0.15) is 77.6 Å². The van der Waals surface area contributed by atoms with Crippen LogP contribution in [-0.4, -0.2) is 74.8 Å². The van der Waals surface area contributed by atoms with Crippen molar-refractivity contribution in [2.75, 3.05) is 19.6 Å². The summed E-state index contributed by atoms with van der Waals surface area (Å²) in [6.07, 6.45) is 1.09. The number of benzene rings is 2. The maximum absolute atomic E-state index is 15.3. The van der Waals surface area contributed by atoms with Crippen LogP contribution in [0.2, 0.25) is 0 Å². The summed E-state index contributed by atoms with van der Waals surface area (Å²) in [5.41, 5.74) is 13.3. The topological polar surface area (TPSA) is 229 Å². The quantitative estimate of drug-likeness (QED) is 0.108. The van der Waals surface area contributed by atoms with Gasteiger partial charge in [0, 0.05) is 42.0 Å². The molecule has 2 aromatic heterocycles. The molecule has 0 spiro atoms. The number of amides is 4. The molecule has 298 valence electrons. The van der Waals surface area contributed by atoms with E-state index in [2.05, 4.69) is 10.6 Å². The van der Waals surface area contributed by atoms with Gasteiger partial charge in [-0.1, -0.05) is 37.3 Å². The highest BCUT2D eigenvalue weighted by atomic mass is 19.1. The number of hydrogen-bond donors (Lipinski definition) is 5. The molecule has 0 saturated heterocycles. The van der Waals surface area contributed by atoms with Crippen molar-refractivity contribution in [1.29, 1.82) is 0 Å². The summed E-state index contributed by atoms with van der Waals surface area (Å²) < 4.78 is 22.0. The lowest BCUT2D eigenvalue weighted by molar-refractivity contribution is -0.172. The zero-order valence-corrected chi connectivity index (χ0v) is 31.7. The lowest BCUT2D eigenvalue weighted by Gasteiger charge is -2.31. The first-order valence-electron chi connectivity index (χ1n) is 19.0. The van der Waals surface area contributed by atoms with Crippen LogP contribution in [0, 0.1) is 12.7 Å². The van der Waals surface area contributed by atoms with Crippen LogP contribution < -0.4 is 27.7 Å². The van der Waals surface area contributed by atoms with Gasteiger partial charge in [-0.2, -0.15) is 0 Å². The predicted octanol–water partition coefficient (Wildman–Crippen LogP) is 1.41. The molecule has 7 rings (SSSR count). The third kappa shape index (κ3) is 7.14. The van der Waals surface area contributed by atoms with Crippen LogP contribution in [0.3, 0.4) is 0 Å². The van der Waals surface area contributed by atoms with Gasteiger partial charge < -0.3 is 41.4 Å². The summed E-state index contributed by atoms with van der Waals surface area (Å²) in [4.78, 5) is 84.5. The van der Waals surface area contributed by atoms with Crippen LogP contribution in [0.4, 0.5) is 4.39 Å². The number of aliphatic hydroxyl groups is 1. The Bertz CT molecular complexity index is 2400. The highest BCUT2D eigenvalue weighted by Gasteiger charge is 2.46. The Morgan fingerprint density at radius 2 is 1.88 bits per heavy atom.